The number of carbonyl (C=O) groups excluding carboxylic acids is 2. The molecule has 30 heavy (non-hydrogen) atoms. The fourth-order valence-corrected chi connectivity index (χ4v) is 5.51. The van der Waals surface area contributed by atoms with Gasteiger partial charge in [0.1, 0.15) is 22.8 Å². The highest BCUT2D eigenvalue weighted by Gasteiger charge is 2.54. The van der Waals surface area contributed by atoms with Crippen LogP contribution in [0.25, 0.3) is 0 Å². The summed E-state index contributed by atoms with van der Waals surface area (Å²) >= 11 is 3.60. The molecule has 0 aromatic carbocycles. The number of rotatable bonds is 8. The van der Waals surface area contributed by atoms with Gasteiger partial charge in [-0.1, -0.05) is 5.16 Å². The predicted molar refractivity (Wildman–Crippen MR) is 110 cm³/mol. The third-order valence-corrected chi connectivity index (χ3v) is 6.96. The molecule has 160 valence electrons. The average Bonchev–Trinajstić information content (AvgIpc) is 3.13. The highest BCUT2D eigenvalue weighted by atomic mass is 32.2. The van der Waals surface area contributed by atoms with E-state index in [1.165, 1.54) is 28.9 Å². The fourth-order valence-electron chi connectivity index (χ4n) is 2.71. The molecule has 5 N–H and O–H groups in total. The number of nitrogens with one attached hydrogen (secondary N) is 1. The molecule has 0 radical (unpaired) electrons. The normalized spacial score (nSPS) is 21.0. The van der Waals surface area contributed by atoms with Crippen molar-refractivity contribution in [2.24, 2.45) is 5.16 Å². The molecular formula is C15H15N5O7S3. The number of hydrogen-bond acceptors (Lipinski definition) is 11. The lowest BCUT2D eigenvalue weighted by Gasteiger charge is -2.49. The number of oxime groups is 1. The first kappa shape index (κ1) is 21.9. The van der Waals surface area contributed by atoms with E-state index >= 15 is 0 Å². The topological polar surface area (TPSA) is 185 Å². The minimum Gasteiger partial charge on any atom is -0.479 e. The molecular weight excluding hydrogens is 458 g/mol. The van der Waals surface area contributed by atoms with E-state index in [2.05, 4.69) is 20.3 Å². The highest BCUT2D eigenvalue weighted by molar-refractivity contribution is 8.05. The number of thiazole rings is 1. The van der Waals surface area contributed by atoms with Gasteiger partial charge >= 0.3 is 11.9 Å². The number of β-lactam (4-membered cyclic amide) rings is 1. The van der Waals surface area contributed by atoms with Gasteiger partial charge in [0, 0.05) is 16.0 Å². The second-order valence-corrected chi connectivity index (χ2v) is 8.72. The van der Waals surface area contributed by atoms with E-state index in [-0.39, 0.29) is 22.2 Å². The molecule has 15 heteroatoms. The van der Waals surface area contributed by atoms with Crippen LogP contribution in [-0.4, -0.2) is 79.6 Å². The minimum absolute atomic E-state index is 0.0519. The first-order valence-corrected chi connectivity index (χ1v) is 11.3. The minimum atomic E-state index is -1.29. The van der Waals surface area contributed by atoms with Crippen molar-refractivity contribution >= 4 is 69.5 Å². The van der Waals surface area contributed by atoms with Crippen LogP contribution >= 0.6 is 34.9 Å². The van der Waals surface area contributed by atoms with Crippen LogP contribution in [-0.2, 0) is 24.0 Å². The van der Waals surface area contributed by atoms with Crippen molar-refractivity contribution in [3.8, 4) is 0 Å². The van der Waals surface area contributed by atoms with E-state index in [9.17, 15) is 24.3 Å². The van der Waals surface area contributed by atoms with Gasteiger partial charge < -0.3 is 26.1 Å². The largest absolute Gasteiger partial charge is 0.479 e. The third-order valence-electron chi connectivity index (χ3n) is 3.99. The smallest absolute Gasteiger partial charge is 0.353 e. The summed E-state index contributed by atoms with van der Waals surface area (Å²) in [5.41, 5.74) is 5.18. The summed E-state index contributed by atoms with van der Waals surface area (Å²) < 4.78 is 0. The zero-order valence-corrected chi connectivity index (χ0v) is 17.7. The van der Waals surface area contributed by atoms with E-state index in [1.54, 1.807) is 6.26 Å². The summed E-state index contributed by atoms with van der Waals surface area (Å²) in [6.45, 7) is -0.782. The summed E-state index contributed by atoms with van der Waals surface area (Å²) in [6, 6.07) is -0.985. The number of carboxylic acid groups (broad SMARTS) is 2. The van der Waals surface area contributed by atoms with Crippen molar-refractivity contribution in [3.05, 3.63) is 21.7 Å². The first-order valence-electron chi connectivity index (χ1n) is 8.13. The number of thioether (sulfide) groups is 2. The molecule has 2 atom stereocenters. The number of fused-ring (bicyclic) bond motifs is 1. The zero-order chi connectivity index (χ0) is 22.0. The summed E-state index contributed by atoms with van der Waals surface area (Å²) in [5.74, 6) is -3.54. The Morgan fingerprint density at radius 3 is 2.77 bits per heavy atom. The van der Waals surface area contributed by atoms with E-state index in [4.69, 9.17) is 10.8 Å². The number of nitrogen functional groups attached to an aromatic ring is 1. The van der Waals surface area contributed by atoms with Gasteiger partial charge in [0.15, 0.2) is 10.8 Å². The lowest BCUT2D eigenvalue weighted by Crippen LogP contribution is -2.71. The van der Waals surface area contributed by atoms with Crippen LogP contribution in [0.1, 0.15) is 5.69 Å². The Kier molecular flexibility index (Phi) is 6.52. The Morgan fingerprint density at radius 2 is 2.20 bits per heavy atom. The van der Waals surface area contributed by atoms with Crippen molar-refractivity contribution < 1.29 is 34.2 Å². The van der Waals surface area contributed by atoms with Gasteiger partial charge in [-0.05, 0) is 6.26 Å². The van der Waals surface area contributed by atoms with Gasteiger partial charge in [-0.2, -0.15) is 0 Å². The molecule has 3 heterocycles. The number of aromatic nitrogens is 1. The number of aliphatic carboxylic acids is 2. The second kappa shape index (κ2) is 8.93. The highest BCUT2D eigenvalue weighted by Crippen LogP contribution is 2.42. The Labute approximate surface area is 181 Å². The summed E-state index contributed by atoms with van der Waals surface area (Å²) in [4.78, 5) is 57.8. The monoisotopic (exact) mass is 473 g/mol. The molecule has 0 bridgehead atoms. The van der Waals surface area contributed by atoms with E-state index in [0.29, 0.717) is 10.7 Å². The molecule has 2 amide bonds. The number of anilines is 1. The molecule has 2 aliphatic rings. The van der Waals surface area contributed by atoms with Gasteiger partial charge in [0.05, 0.1) is 0 Å². The maximum Gasteiger partial charge on any atom is 0.353 e. The number of carboxylic acids is 2. The molecule has 1 unspecified atom stereocenters. The summed E-state index contributed by atoms with van der Waals surface area (Å²) in [7, 11) is 0. The Morgan fingerprint density at radius 1 is 1.47 bits per heavy atom. The molecule has 1 fully saturated rings. The van der Waals surface area contributed by atoms with Crippen LogP contribution in [0, 0.1) is 0 Å². The fraction of sp³-hybridized carbons (Fsp3) is 0.333. The number of nitrogens with zero attached hydrogens (tertiary/aromatic N) is 3. The predicted octanol–water partition coefficient (Wildman–Crippen LogP) is -0.410. The lowest BCUT2D eigenvalue weighted by atomic mass is 10.0. The van der Waals surface area contributed by atoms with Crippen LogP contribution in [0.3, 0.4) is 0 Å². The Balaban J connectivity index is 1.79. The van der Waals surface area contributed by atoms with Crippen molar-refractivity contribution in [3.63, 3.8) is 0 Å². The van der Waals surface area contributed by atoms with Crippen molar-refractivity contribution in [1.29, 1.82) is 0 Å². The molecule has 1 saturated heterocycles. The molecule has 1 aromatic heterocycles. The molecule has 2 aliphatic heterocycles. The maximum atomic E-state index is 12.7. The van der Waals surface area contributed by atoms with Crippen LogP contribution in [0.4, 0.5) is 5.13 Å². The van der Waals surface area contributed by atoms with Crippen molar-refractivity contribution in [1.82, 2.24) is 15.2 Å². The van der Waals surface area contributed by atoms with Crippen molar-refractivity contribution in [2.75, 3.05) is 24.3 Å². The summed E-state index contributed by atoms with van der Waals surface area (Å²) in [6.07, 6.45) is 1.72. The molecule has 0 saturated carbocycles. The first-order chi connectivity index (χ1) is 14.2. The van der Waals surface area contributed by atoms with Gasteiger partial charge in [-0.3, -0.25) is 14.5 Å². The van der Waals surface area contributed by atoms with E-state index < -0.39 is 41.8 Å². The molecule has 0 spiro atoms. The van der Waals surface area contributed by atoms with Gasteiger partial charge in [0.25, 0.3) is 11.8 Å². The third kappa shape index (κ3) is 4.22. The van der Waals surface area contributed by atoms with E-state index in [0.717, 1.165) is 16.2 Å². The standard InChI is InChI=1S/C15H15N5O7S3/c1-28-6-4-29-13-9(12(24)20(13)10(6)14(25)26)18-11(23)8(19-27-2-7(21)22)5-3-30-15(16)17-5/h3,9,13H,2,4H2,1H3,(H2,16,17)(H,18,23)(H,21,22)(H,25,26)/b19-8+/t9?,13-/m1/s1. The van der Waals surface area contributed by atoms with Gasteiger partial charge in [0.2, 0.25) is 6.61 Å². The van der Waals surface area contributed by atoms with Gasteiger partial charge in [-0.25, -0.2) is 14.6 Å². The number of nitrogens with two attached hydrogens (primary N) is 1. The quantitative estimate of drug-likeness (QED) is 0.218. The average molecular weight is 474 g/mol. The van der Waals surface area contributed by atoms with Crippen molar-refractivity contribution in [2.45, 2.75) is 11.4 Å². The Bertz CT molecular complexity index is 976. The number of amides is 2. The van der Waals surface area contributed by atoms with Gasteiger partial charge in [-0.15, -0.1) is 34.9 Å². The molecule has 3 rings (SSSR count). The van der Waals surface area contributed by atoms with Crippen LogP contribution in [0.5, 0.6) is 0 Å². The van der Waals surface area contributed by atoms with Crippen LogP contribution < -0.4 is 11.1 Å². The number of carbonyl (C=O) groups is 4. The van der Waals surface area contributed by atoms with Crippen LogP contribution in [0.15, 0.2) is 21.1 Å². The molecule has 1 aromatic rings. The van der Waals surface area contributed by atoms with E-state index in [1.807, 2.05) is 0 Å². The zero-order valence-electron chi connectivity index (χ0n) is 15.2. The molecule has 12 nitrogen and oxygen atoms in total. The maximum absolute atomic E-state index is 12.7. The molecule has 0 aliphatic carbocycles. The summed E-state index contributed by atoms with van der Waals surface area (Å²) in [5, 5.41) is 25.2. The Hall–Kier alpha value is -2.78. The number of hydrogen-bond donors (Lipinski definition) is 4. The van der Waals surface area contributed by atoms with Crippen LogP contribution in [0.2, 0.25) is 0 Å². The SMILES string of the molecule is CSC1=C(C(=O)O)N2C(=O)C(NC(=O)/C(=N/OCC(=O)O)c3csc(N)n3)[C@H]2SC1. The second-order valence-electron chi connectivity index (χ2n) is 5.82. The lowest BCUT2D eigenvalue weighted by molar-refractivity contribution is -0.150.